The van der Waals surface area contributed by atoms with Gasteiger partial charge in [0.2, 0.25) is 5.75 Å². The lowest BCUT2D eigenvalue weighted by Crippen LogP contribution is -2.26. The smallest absolute Gasteiger partial charge is 0.320 e. The molecule has 39 heavy (non-hydrogen) atoms. The molecule has 1 unspecified atom stereocenters. The van der Waals surface area contributed by atoms with Gasteiger partial charge in [-0.05, 0) is 59.7 Å². The van der Waals surface area contributed by atoms with Crippen LogP contribution in [-0.4, -0.2) is 38.3 Å². The van der Waals surface area contributed by atoms with Crippen molar-refractivity contribution in [1.82, 2.24) is 10.3 Å². The standard InChI is InChI=1S/C28H29Cl2FN2O6/c1-35-23-7-5-18(9-26(23)36-2)12-32-15-28(34)38-25(11-20-21(29)13-33-14-22(20)30)19-6-8-24(39-31)27(10-19)37-16-17-3-4-17/h5-10,13-14,17,25,32H,3-4,11-12,15-16H2,1-2H3. The molecule has 3 aromatic rings. The zero-order chi connectivity index (χ0) is 27.8. The van der Waals surface area contributed by atoms with Crippen LogP contribution >= 0.6 is 23.2 Å². The van der Waals surface area contributed by atoms with Crippen molar-refractivity contribution in [3.05, 3.63) is 75.5 Å². The average molecular weight is 579 g/mol. The molecule has 1 N–H and O–H groups in total. The van der Waals surface area contributed by atoms with Crippen LogP contribution < -0.4 is 24.5 Å². The van der Waals surface area contributed by atoms with E-state index in [0.717, 1.165) is 18.4 Å². The highest BCUT2D eigenvalue weighted by atomic mass is 35.5. The molecule has 0 radical (unpaired) electrons. The van der Waals surface area contributed by atoms with Crippen molar-refractivity contribution in [2.75, 3.05) is 27.4 Å². The summed E-state index contributed by atoms with van der Waals surface area (Å²) < 4.78 is 35.4. The normalized spacial score (nSPS) is 13.5. The Morgan fingerprint density at radius 3 is 2.41 bits per heavy atom. The number of hydrogen-bond acceptors (Lipinski definition) is 8. The van der Waals surface area contributed by atoms with Gasteiger partial charge >= 0.3 is 5.97 Å². The zero-order valence-electron chi connectivity index (χ0n) is 21.5. The second kappa shape index (κ2) is 13.7. The molecule has 4 rings (SSSR count). The number of benzene rings is 2. The van der Waals surface area contributed by atoms with Gasteiger partial charge in [-0.2, -0.15) is 0 Å². The number of carbonyl (C=O) groups excluding carboxylic acids is 1. The Bertz CT molecular complexity index is 1270. The van der Waals surface area contributed by atoms with E-state index in [2.05, 4.69) is 15.2 Å². The molecule has 1 aliphatic carbocycles. The van der Waals surface area contributed by atoms with E-state index in [1.165, 1.54) is 18.5 Å². The number of carbonyl (C=O) groups is 1. The molecule has 1 aliphatic rings. The van der Waals surface area contributed by atoms with Crippen molar-refractivity contribution >= 4 is 29.2 Å². The van der Waals surface area contributed by atoms with Crippen LogP contribution in [0.2, 0.25) is 10.0 Å². The minimum absolute atomic E-state index is 0.0546. The van der Waals surface area contributed by atoms with Crippen LogP contribution in [0.4, 0.5) is 4.53 Å². The number of esters is 1. The van der Waals surface area contributed by atoms with Crippen LogP contribution in [0.15, 0.2) is 48.8 Å². The zero-order valence-corrected chi connectivity index (χ0v) is 23.1. The average Bonchev–Trinajstić information content (AvgIpc) is 3.77. The fourth-order valence-corrected chi connectivity index (χ4v) is 4.46. The monoisotopic (exact) mass is 578 g/mol. The molecule has 0 spiro atoms. The quantitative estimate of drug-likeness (QED) is 0.230. The topological polar surface area (TPSA) is 88.1 Å². The van der Waals surface area contributed by atoms with Crippen molar-refractivity contribution in [3.63, 3.8) is 0 Å². The largest absolute Gasteiger partial charge is 0.493 e. The molecular weight excluding hydrogens is 550 g/mol. The van der Waals surface area contributed by atoms with Gasteiger partial charge in [0.15, 0.2) is 17.2 Å². The lowest BCUT2D eigenvalue weighted by molar-refractivity contribution is -0.148. The maximum absolute atomic E-state index is 13.2. The Balaban J connectivity index is 1.48. The maximum atomic E-state index is 13.2. The van der Waals surface area contributed by atoms with Crippen LogP contribution in [-0.2, 0) is 22.5 Å². The lowest BCUT2D eigenvalue weighted by atomic mass is 10.0. The van der Waals surface area contributed by atoms with Crippen molar-refractivity contribution < 1.29 is 33.2 Å². The lowest BCUT2D eigenvalue weighted by Gasteiger charge is -2.21. The second-order valence-electron chi connectivity index (χ2n) is 9.09. The highest BCUT2D eigenvalue weighted by molar-refractivity contribution is 6.35. The summed E-state index contributed by atoms with van der Waals surface area (Å²) >= 11 is 12.7. The van der Waals surface area contributed by atoms with Gasteiger partial charge in [-0.1, -0.05) is 35.3 Å². The van der Waals surface area contributed by atoms with E-state index in [0.29, 0.717) is 51.7 Å². The number of nitrogens with zero attached hydrogens (tertiary/aromatic N) is 1. The molecule has 0 aliphatic heterocycles. The Morgan fingerprint density at radius 1 is 1.03 bits per heavy atom. The van der Waals surface area contributed by atoms with Crippen LogP contribution in [0.5, 0.6) is 23.0 Å². The summed E-state index contributed by atoms with van der Waals surface area (Å²) in [7, 11) is 3.12. The van der Waals surface area contributed by atoms with Crippen molar-refractivity contribution in [3.8, 4) is 23.0 Å². The Hall–Kier alpha value is -3.27. The number of hydrogen-bond donors (Lipinski definition) is 1. The van der Waals surface area contributed by atoms with Crippen LogP contribution in [0.1, 0.15) is 35.6 Å². The van der Waals surface area contributed by atoms with Gasteiger partial charge in [0, 0.05) is 29.9 Å². The minimum Gasteiger partial charge on any atom is -0.493 e. The first-order valence-corrected chi connectivity index (χ1v) is 13.1. The molecule has 11 heteroatoms. The summed E-state index contributed by atoms with van der Waals surface area (Å²) in [6.45, 7) is 0.773. The third kappa shape index (κ3) is 7.88. The number of nitrogens with one attached hydrogen (secondary N) is 1. The molecule has 0 bridgehead atoms. The molecular formula is C28H29Cl2FN2O6. The third-order valence-electron chi connectivity index (χ3n) is 6.26. The molecule has 2 aromatic carbocycles. The minimum atomic E-state index is -0.797. The van der Waals surface area contributed by atoms with Gasteiger partial charge in [0.1, 0.15) is 6.10 Å². The predicted octanol–water partition coefficient (Wildman–Crippen LogP) is 6.07. The molecule has 1 aromatic heterocycles. The number of ether oxygens (including phenoxy) is 4. The predicted molar refractivity (Wildman–Crippen MR) is 144 cm³/mol. The maximum Gasteiger partial charge on any atom is 0.320 e. The van der Waals surface area contributed by atoms with Crippen LogP contribution in [0.3, 0.4) is 0 Å². The number of halogens is 3. The van der Waals surface area contributed by atoms with Gasteiger partial charge in [-0.3, -0.25) is 14.7 Å². The molecule has 1 heterocycles. The van der Waals surface area contributed by atoms with Crippen LogP contribution in [0, 0.1) is 5.92 Å². The van der Waals surface area contributed by atoms with Crippen molar-refractivity contribution in [1.29, 1.82) is 0 Å². The van der Waals surface area contributed by atoms with E-state index in [1.807, 2.05) is 12.1 Å². The number of methoxy groups -OCH3 is 2. The molecule has 0 saturated heterocycles. The van der Waals surface area contributed by atoms with E-state index in [-0.39, 0.29) is 24.5 Å². The molecule has 208 valence electrons. The van der Waals surface area contributed by atoms with Gasteiger partial charge in [-0.15, -0.1) is 0 Å². The highest BCUT2D eigenvalue weighted by Crippen LogP contribution is 2.37. The van der Waals surface area contributed by atoms with E-state index < -0.39 is 12.1 Å². The fourth-order valence-electron chi connectivity index (χ4n) is 3.94. The Kier molecular flexibility index (Phi) is 10.1. The summed E-state index contributed by atoms with van der Waals surface area (Å²) in [5, 5.41) is 3.75. The highest BCUT2D eigenvalue weighted by Gasteiger charge is 2.25. The number of aromatic nitrogens is 1. The summed E-state index contributed by atoms with van der Waals surface area (Å²) in [5.41, 5.74) is 2.03. The summed E-state index contributed by atoms with van der Waals surface area (Å²) in [4.78, 5) is 20.9. The van der Waals surface area contributed by atoms with Gasteiger partial charge in [0.25, 0.3) is 0 Å². The van der Waals surface area contributed by atoms with Gasteiger partial charge in [-0.25, -0.2) is 0 Å². The first-order chi connectivity index (χ1) is 18.9. The van der Waals surface area contributed by atoms with Gasteiger partial charge < -0.3 is 24.3 Å². The molecule has 0 amide bonds. The fraction of sp³-hybridized carbons (Fsp3) is 0.357. The second-order valence-corrected chi connectivity index (χ2v) is 9.91. The summed E-state index contributed by atoms with van der Waals surface area (Å²) in [6.07, 6.45) is 4.45. The van der Waals surface area contributed by atoms with Crippen LogP contribution in [0.25, 0.3) is 0 Å². The first kappa shape index (κ1) is 28.7. The number of rotatable bonds is 14. The van der Waals surface area contributed by atoms with E-state index >= 15 is 0 Å². The SMILES string of the molecule is COc1ccc(CNCC(=O)OC(Cc2c(Cl)cncc2Cl)c2ccc(OF)c(OCC3CC3)c2)cc1OC. The van der Waals surface area contributed by atoms with Crippen molar-refractivity contribution in [2.45, 2.75) is 31.9 Å². The molecule has 8 nitrogen and oxygen atoms in total. The third-order valence-corrected chi connectivity index (χ3v) is 6.91. The molecule has 1 atom stereocenters. The Morgan fingerprint density at radius 2 is 1.74 bits per heavy atom. The number of pyridine rings is 1. The van der Waals surface area contributed by atoms with Gasteiger partial charge in [0.05, 0.1) is 37.4 Å². The van der Waals surface area contributed by atoms with E-state index in [4.69, 9.17) is 42.1 Å². The van der Waals surface area contributed by atoms with Crippen molar-refractivity contribution in [2.24, 2.45) is 5.92 Å². The van der Waals surface area contributed by atoms with E-state index in [9.17, 15) is 9.32 Å². The summed E-state index contributed by atoms with van der Waals surface area (Å²) in [5.74, 6) is 1.31. The summed E-state index contributed by atoms with van der Waals surface area (Å²) in [6, 6.07) is 10.1. The molecule has 1 saturated carbocycles. The molecule has 1 fully saturated rings. The first-order valence-electron chi connectivity index (χ1n) is 12.4. The van der Waals surface area contributed by atoms with E-state index in [1.54, 1.807) is 32.4 Å². The Labute approximate surface area is 236 Å².